The van der Waals surface area contributed by atoms with Crippen molar-refractivity contribution in [1.82, 2.24) is 5.32 Å². The Morgan fingerprint density at radius 3 is 2.71 bits per heavy atom. The van der Waals surface area contributed by atoms with Gasteiger partial charge in [0, 0.05) is 12.5 Å². The normalized spacial score (nSPS) is 20.1. The molecule has 1 aliphatic heterocycles. The summed E-state index contributed by atoms with van der Waals surface area (Å²) >= 11 is 3.55. The summed E-state index contributed by atoms with van der Waals surface area (Å²) in [5.41, 5.74) is 1.26. The molecule has 0 saturated carbocycles. The Morgan fingerprint density at radius 1 is 1.29 bits per heavy atom. The van der Waals surface area contributed by atoms with Crippen LogP contribution in [0.15, 0.2) is 16.6 Å². The zero-order valence-electron chi connectivity index (χ0n) is 10.3. The van der Waals surface area contributed by atoms with E-state index in [0.717, 1.165) is 29.1 Å². The van der Waals surface area contributed by atoms with Crippen LogP contribution in [0.4, 0.5) is 0 Å². The van der Waals surface area contributed by atoms with E-state index in [2.05, 4.69) is 27.3 Å². The van der Waals surface area contributed by atoms with E-state index in [0.29, 0.717) is 5.92 Å². The SMILES string of the molecule is COc1ccc(C2CCCNC2)c(OC)c1Br. The third-order valence-corrected chi connectivity index (χ3v) is 4.00. The van der Waals surface area contributed by atoms with Gasteiger partial charge in [-0.1, -0.05) is 6.07 Å². The molecule has 0 aromatic heterocycles. The minimum atomic E-state index is 0.529. The molecule has 3 nitrogen and oxygen atoms in total. The summed E-state index contributed by atoms with van der Waals surface area (Å²) < 4.78 is 11.7. The lowest BCUT2D eigenvalue weighted by Crippen LogP contribution is -2.28. The van der Waals surface area contributed by atoms with Gasteiger partial charge in [-0.3, -0.25) is 0 Å². The smallest absolute Gasteiger partial charge is 0.140 e. The number of hydrogen-bond acceptors (Lipinski definition) is 3. The van der Waals surface area contributed by atoms with Gasteiger partial charge in [0.1, 0.15) is 16.0 Å². The highest BCUT2D eigenvalue weighted by Gasteiger charge is 2.21. The van der Waals surface area contributed by atoms with E-state index >= 15 is 0 Å². The Bertz CT molecular complexity index is 389. The fourth-order valence-electron chi connectivity index (χ4n) is 2.36. The lowest BCUT2D eigenvalue weighted by Gasteiger charge is -2.25. The topological polar surface area (TPSA) is 30.5 Å². The number of methoxy groups -OCH3 is 2. The van der Waals surface area contributed by atoms with Crippen molar-refractivity contribution in [3.63, 3.8) is 0 Å². The maximum absolute atomic E-state index is 5.52. The van der Waals surface area contributed by atoms with Gasteiger partial charge < -0.3 is 14.8 Å². The standard InChI is InChI=1S/C13H18BrNO2/c1-16-11-6-5-10(13(17-2)12(11)14)9-4-3-7-15-8-9/h5-6,9,15H,3-4,7-8H2,1-2H3. The van der Waals surface area contributed by atoms with Crippen molar-refractivity contribution in [2.24, 2.45) is 0 Å². The molecule has 94 valence electrons. The van der Waals surface area contributed by atoms with E-state index in [9.17, 15) is 0 Å². The van der Waals surface area contributed by atoms with Crippen molar-refractivity contribution in [1.29, 1.82) is 0 Å². The van der Waals surface area contributed by atoms with Crippen molar-refractivity contribution in [2.75, 3.05) is 27.3 Å². The molecule has 2 rings (SSSR count). The van der Waals surface area contributed by atoms with Crippen LogP contribution in [0.2, 0.25) is 0 Å². The summed E-state index contributed by atoms with van der Waals surface area (Å²) in [6.07, 6.45) is 2.43. The minimum absolute atomic E-state index is 0.529. The van der Waals surface area contributed by atoms with Crippen LogP contribution in [0.1, 0.15) is 24.3 Å². The molecule has 0 spiro atoms. The first-order valence-electron chi connectivity index (χ1n) is 5.89. The Morgan fingerprint density at radius 2 is 2.12 bits per heavy atom. The van der Waals surface area contributed by atoms with Crippen molar-refractivity contribution < 1.29 is 9.47 Å². The third kappa shape index (κ3) is 2.58. The van der Waals surface area contributed by atoms with Crippen LogP contribution in [-0.4, -0.2) is 27.3 Å². The van der Waals surface area contributed by atoms with Crippen molar-refractivity contribution >= 4 is 15.9 Å². The van der Waals surface area contributed by atoms with E-state index in [1.54, 1.807) is 14.2 Å². The highest BCUT2D eigenvalue weighted by molar-refractivity contribution is 9.10. The lowest BCUT2D eigenvalue weighted by molar-refractivity contribution is 0.376. The number of piperidine rings is 1. The number of nitrogens with one attached hydrogen (secondary N) is 1. The second kappa shape index (κ2) is 5.74. The minimum Gasteiger partial charge on any atom is -0.495 e. The molecule has 0 radical (unpaired) electrons. The second-order valence-electron chi connectivity index (χ2n) is 4.25. The molecule has 1 fully saturated rings. The average Bonchev–Trinajstić information content (AvgIpc) is 2.39. The zero-order valence-corrected chi connectivity index (χ0v) is 11.8. The van der Waals surface area contributed by atoms with E-state index < -0.39 is 0 Å². The van der Waals surface area contributed by atoms with Gasteiger partial charge in [0.05, 0.1) is 14.2 Å². The van der Waals surface area contributed by atoms with Crippen LogP contribution in [-0.2, 0) is 0 Å². The van der Waals surface area contributed by atoms with Gasteiger partial charge in [0.2, 0.25) is 0 Å². The fraction of sp³-hybridized carbons (Fsp3) is 0.538. The fourth-order valence-corrected chi connectivity index (χ4v) is 3.04. The quantitative estimate of drug-likeness (QED) is 0.931. The zero-order chi connectivity index (χ0) is 12.3. The Labute approximate surface area is 111 Å². The molecular weight excluding hydrogens is 282 g/mol. The molecule has 1 aromatic rings. The molecule has 1 aromatic carbocycles. The maximum Gasteiger partial charge on any atom is 0.140 e. The van der Waals surface area contributed by atoms with E-state index in [4.69, 9.17) is 9.47 Å². The molecule has 0 aliphatic carbocycles. The summed E-state index contributed by atoms with van der Waals surface area (Å²) in [7, 11) is 3.38. The van der Waals surface area contributed by atoms with Crippen LogP contribution in [0.25, 0.3) is 0 Å². The van der Waals surface area contributed by atoms with Gasteiger partial charge in [0.25, 0.3) is 0 Å². The van der Waals surface area contributed by atoms with Gasteiger partial charge in [-0.05, 0) is 46.9 Å². The van der Waals surface area contributed by atoms with Crippen LogP contribution in [0.3, 0.4) is 0 Å². The molecule has 0 amide bonds. The van der Waals surface area contributed by atoms with Gasteiger partial charge in [-0.2, -0.15) is 0 Å². The first kappa shape index (κ1) is 12.7. The Kier molecular flexibility index (Phi) is 4.29. The van der Waals surface area contributed by atoms with Gasteiger partial charge in [-0.15, -0.1) is 0 Å². The molecule has 4 heteroatoms. The van der Waals surface area contributed by atoms with Crippen molar-refractivity contribution in [3.8, 4) is 11.5 Å². The first-order chi connectivity index (χ1) is 8.27. The van der Waals surface area contributed by atoms with Crippen LogP contribution < -0.4 is 14.8 Å². The molecule has 1 heterocycles. The van der Waals surface area contributed by atoms with E-state index in [1.165, 1.54) is 18.4 Å². The van der Waals surface area contributed by atoms with E-state index in [1.807, 2.05) is 6.07 Å². The monoisotopic (exact) mass is 299 g/mol. The molecule has 1 unspecified atom stereocenters. The second-order valence-corrected chi connectivity index (χ2v) is 5.04. The predicted molar refractivity (Wildman–Crippen MR) is 72.1 cm³/mol. The Hall–Kier alpha value is -0.740. The average molecular weight is 300 g/mol. The summed E-state index contributed by atoms with van der Waals surface area (Å²) in [6, 6.07) is 4.11. The number of halogens is 1. The highest BCUT2D eigenvalue weighted by Crippen LogP contribution is 2.41. The Balaban J connectivity index is 2.35. The van der Waals surface area contributed by atoms with Crippen molar-refractivity contribution in [2.45, 2.75) is 18.8 Å². The predicted octanol–water partition coefficient (Wildman–Crippen LogP) is 2.93. The van der Waals surface area contributed by atoms with Gasteiger partial charge in [0.15, 0.2) is 0 Å². The lowest BCUT2D eigenvalue weighted by atomic mass is 9.91. The number of ether oxygens (including phenoxy) is 2. The number of benzene rings is 1. The van der Waals surface area contributed by atoms with Crippen molar-refractivity contribution in [3.05, 3.63) is 22.2 Å². The van der Waals surface area contributed by atoms with Gasteiger partial charge in [-0.25, -0.2) is 0 Å². The van der Waals surface area contributed by atoms with E-state index in [-0.39, 0.29) is 0 Å². The maximum atomic E-state index is 5.52. The van der Waals surface area contributed by atoms with Crippen LogP contribution in [0, 0.1) is 0 Å². The summed E-state index contributed by atoms with van der Waals surface area (Å²) in [5.74, 6) is 2.24. The molecule has 1 saturated heterocycles. The highest BCUT2D eigenvalue weighted by atomic mass is 79.9. The largest absolute Gasteiger partial charge is 0.495 e. The van der Waals surface area contributed by atoms with Crippen LogP contribution >= 0.6 is 15.9 Å². The summed E-state index contributed by atoms with van der Waals surface area (Å²) in [6.45, 7) is 2.14. The number of rotatable bonds is 3. The summed E-state index contributed by atoms with van der Waals surface area (Å²) in [5, 5.41) is 3.43. The molecule has 1 aliphatic rings. The molecule has 17 heavy (non-hydrogen) atoms. The van der Waals surface area contributed by atoms with Crippen LogP contribution in [0.5, 0.6) is 11.5 Å². The van der Waals surface area contributed by atoms with Gasteiger partial charge >= 0.3 is 0 Å². The molecule has 1 atom stereocenters. The molecular formula is C13H18BrNO2. The molecule has 0 bridgehead atoms. The first-order valence-corrected chi connectivity index (χ1v) is 6.68. The molecule has 1 N–H and O–H groups in total. The number of hydrogen-bond donors (Lipinski definition) is 1. The third-order valence-electron chi connectivity index (χ3n) is 3.25. The summed E-state index contributed by atoms with van der Waals surface area (Å²) in [4.78, 5) is 0.